The minimum absolute atomic E-state index is 0.251. The molecule has 0 aliphatic carbocycles. The van der Waals surface area contributed by atoms with Gasteiger partial charge in [-0.15, -0.1) is 0 Å². The minimum atomic E-state index is -0.943. The summed E-state index contributed by atoms with van der Waals surface area (Å²) >= 11 is 0. The fourth-order valence-corrected chi connectivity index (χ4v) is 3.08. The molecule has 0 atom stereocenters. The number of nitrogens with zero attached hydrogens (tertiary/aromatic N) is 3. The van der Waals surface area contributed by atoms with Gasteiger partial charge in [0.05, 0.1) is 30.8 Å². The number of aromatic nitrogens is 2. The van der Waals surface area contributed by atoms with E-state index in [9.17, 15) is 4.79 Å². The predicted octanol–water partition coefficient (Wildman–Crippen LogP) is 2.90. The van der Waals surface area contributed by atoms with Gasteiger partial charge < -0.3 is 15.2 Å². The number of anilines is 2. The van der Waals surface area contributed by atoms with Crippen LogP contribution in [-0.4, -0.2) is 52.2 Å². The van der Waals surface area contributed by atoms with Crippen LogP contribution in [0.3, 0.4) is 0 Å². The molecule has 0 saturated carbocycles. The summed E-state index contributed by atoms with van der Waals surface area (Å²) in [6.07, 6.45) is 0. The number of morpholine rings is 1. The zero-order chi connectivity index (χ0) is 18.6. The molecule has 2 N–H and O–H groups in total. The summed E-state index contributed by atoms with van der Waals surface area (Å²) in [6.45, 7) is 3.87. The Hall–Kier alpha value is -3.03. The smallest absolute Gasteiger partial charge is 0.335 e. The van der Waals surface area contributed by atoms with E-state index in [0.717, 1.165) is 48.7 Å². The second kappa shape index (κ2) is 7.69. The minimum Gasteiger partial charge on any atom is -0.478 e. The van der Waals surface area contributed by atoms with Crippen molar-refractivity contribution >= 4 is 28.4 Å². The lowest BCUT2D eigenvalue weighted by atomic mass is 10.2. The van der Waals surface area contributed by atoms with Crippen LogP contribution in [-0.2, 0) is 11.3 Å². The van der Waals surface area contributed by atoms with Crippen molar-refractivity contribution in [1.29, 1.82) is 0 Å². The van der Waals surface area contributed by atoms with Crippen LogP contribution < -0.4 is 5.32 Å². The number of carbonyl (C=O) groups is 1. The molecule has 1 fully saturated rings. The van der Waals surface area contributed by atoms with E-state index in [1.165, 1.54) is 0 Å². The van der Waals surface area contributed by atoms with Crippen LogP contribution in [0.5, 0.6) is 0 Å². The number of hydrogen-bond acceptors (Lipinski definition) is 6. The molecule has 0 amide bonds. The molecule has 1 aliphatic heterocycles. The van der Waals surface area contributed by atoms with Gasteiger partial charge in [-0.2, -0.15) is 0 Å². The molecule has 27 heavy (non-hydrogen) atoms. The molecule has 1 aliphatic rings. The molecular formula is C20H20N4O3. The van der Waals surface area contributed by atoms with Crippen molar-refractivity contribution in [2.24, 2.45) is 0 Å². The van der Waals surface area contributed by atoms with Gasteiger partial charge in [0.15, 0.2) is 0 Å². The van der Waals surface area contributed by atoms with Crippen molar-refractivity contribution < 1.29 is 14.6 Å². The van der Waals surface area contributed by atoms with Crippen LogP contribution in [0.4, 0.5) is 11.5 Å². The van der Waals surface area contributed by atoms with Crippen LogP contribution in [0.25, 0.3) is 10.9 Å². The average molecular weight is 364 g/mol. The Kier molecular flexibility index (Phi) is 4.95. The van der Waals surface area contributed by atoms with Crippen LogP contribution in [0.15, 0.2) is 48.5 Å². The van der Waals surface area contributed by atoms with Gasteiger partial charge in [0, 0.05) is 24.2 Å². The van der Waals surface area contributed by atoms with E-state index >= 15 is 0 Å². The first-order valence-corrected chi connectivity index (χ1v) is 8.85. The van der Waals surface area contributed by atoms with E-state index < -0.39 is 5.97 Å². The molecule has 7 heteroatoms. The first kappa shape index (κ1) is 17.4. The quantitative estimate of drug-likeness (QED) is 0.720. The number of fused-ring (bicyclic) bond motifs is 1. The highest BCUT2D eigenvalue weighted by molar-refractivity contribution is 5.91. The number of nitrogens with one attached hydrogen (secondary N) is 1. The summed E-state index contributed by atoms with van der Waals surface area (Å²) in [5.74, 6) is 0.522. The molecule has 138 valence electrons. The highest BCUT2D eigenvalue weighted by atomic mass is 16.5. The molecule has 3 aromatic rings. The van der Waals surface area contributed by atoms with E-state index in [-0.39, 0.29) is 5.56 Å². The zero-order valence-corrected chi connectivity index (χ0v) is 14.8. The maximum Gasteiger partial charge on any atom is 0.335 e. The molecule has 4 rings (SSSR count). The molecule has 0 bridgehead atoms. The summed E-state index contributed by atoms with van der Waals surface area (Å²) in [5.41, 5.74) is 1.91. The Balaban J connectivity index is 1.64. The van der Waals surface area contributed by atoms with E-state index in [0.29, 0.717) is 12.4 Å². The molecule has 0 radical (unpaired) electrons. The fourth-order valence-electron chi connectivity index (χ4n) is 3.08. The van der Waals surface area contributed by atoms with Gasteiger partial charge in [0.25, 0.3) is 0 Å². The standard InChI is InChI=1S/C20H20N4O3/c25-20(26)14-5-7-15(8-6-14)21-19-16-3-1-2-4-17(16)22-18(23-19)13-24-9-11-27-12-10-24/h1-8H,9-13H2,(H,25,26)(H,21,22,23). The van der Waals surface area contributed by atoms with Crippen LogP contribution in [0.2, 0.25) is 0 Å². The fraction of sp³-hybridized carbons (Fsp3) is 0.250. The first-order valence-electron chi connectivity index (χ1n) is 8.85. The van der Waals surface area contributed by atoms with Crippen molar-refractivity contribution in [2.75, 3.05) is 31.6 Å². The largest absolute Gasteiger partial charge is 0.478 e. The van der Waals surface area contributed by atoms with Crippen molar-refractivity contribution in [3.05, 3.63) is 59.9 Å². The second-order valence-electron chi connectivity index (χ2n) is 6.40. The SMILES string of the molecule is O=C(O)c1ccc(Nc2nc(CN3CCOCC3)nc3ccccc23)cc1. The number of aromatic carboxylic acids is 1. The van der Waals surface area contributed by atoms with Crippen molar-refractivity contribution in [2.45, 2.75) is 6.54 Å². The number of carboxylic acids is 1. The number of hydrogen-bond donors (Lipinski definition) is 2. The highest BCUT2D eigenvalue weighted by Gasteiger charge is 2.14. The summed E-state index contributed by atoms with van der Waals surface area (Å²) < 4.78 is 5.40. The summed E-state index contributed by atoms with van der Waals surface area (Å²) in [5, 5.41) is 13.3. The number of carboxylic acid groups (broad SMARTS) is 1. The highest BCUT2D eigenvalue weighted by Crippen LogP contribution is 2.24. The second-order valence-corrected chi connectivity index (χ2v) is 6.40. The lowest BCUT2D eigenvalue weighted by Crippen LogP contribution is -2.36. The van der Waals surface area contributed by atoms with Gasteiger partial charge in [-0.05, 0) is 36.4 Å². The lowest BCUT2D eigenvalue weighted by Gasteiger charge is -2.26. The summed E-state index contributed by atoms with van der Waals surface area (Å²) in [6, 6.07) is 14.5. The van der Waals surface area contributed by atoms with Gasteiger partial charge in [0.2, 0.25) is 0 Å². The van der Waals surface area contributed by atoms with Gasteiger partial charge >= 0.3 is 5.97 Å². The molecule has 7 nitrogen and oxygen atoms in total. The van der Waals surface area contributed by atoms with E-state index in [1.54, 1.807) is 24.3 Å². The van der Waals surface area contributed by atoms with Gasteiger partial charge in [-0.25, -0.2) is 14.8 Å². The topological polar surface area (TPSA) is 87.6 Å². The zero-order valence-electron chi connectivity index (χ0n) is 14.8. The van der Waals surface area contributed by atoms with Gasteiger partial charge in [-0.3, -0.25) is 4.90 Å². The normalized spacial score (nSPS) is 15.0. The third kappa shape index (κ3) is 4.05. The Labute approximate surface area is 156 Å². The van der Waals surface area contributed by atoms with E-state index in [4.69, 9.17) is 19.8 Å². The molecular weight excluding hydrogens is 344 g/mol. The Morgan fingerprint density at radius 3 is 2.56 bits per heavy atom. The van der Waals surface area contributed by atoms with E-state index in [1.807, 2.05) is 24.3 Å². The van der Waals surface area contributed by atoms with Crippen LogP contribution >= 0.6 is 0 Å². The lowest BCUT2D eigenvalue weighted by molar-refractivity contribution is 0.0331. The molecule has 2 aromatic carbocycles. The Morgan fingerprint density at radius 1 is 1.07 bits per heavy atom. The van der Waals surface area contributed by atoms with Crippen LogP contribution in [0.1, 0.15) is 16.2 Å². The molecule has 2 heterocycles. The van der Waals surface area contributed by atoms with Crippen molar-refractivity contribution in [3.63, 3.8) is 0 Å². The van der Waals surface area contributed by atoms with Crippen molar-refractivity contribution in [1.82, 2.24) is 14.9 Å². The van der Waals surface area contributed by atoms with Crippen LogP contribution in [0, 0.1) is 0 Å². The summed E-state index contributed by atoms with van der Waals surface area (Å²) in [4.78, 5) is 22.7. The number of benzene rings is 2. The molecule has 1 aromatic heterocycles. The van der Waals surface area contributed by atoms with Gasteiger partial charge in [0.1, 0.15) is 11.6 Å². The maximum atomic E-state index is 11.0. The molecule has 0 spiro atoms. The van der Waals surface area contributed by atoms with Gasteiger partial charge in [-0.1, -0.05) is 12.1 Å². The Morgan fingerprint density at radius 2 is 1.81 bits per heavy atom. The predicted molar refractivity (Wildman–Crippen MR) is 102 cm³/mol. The number of para-hydroxylation sites is 1. The number of rotatable bonds is 5. The van der Waals surface area contributed by atoms with E-state index in [2.05, 4.69) is 10.2 Å². The third-order valence-corrected chi connectivity index (χ3v) is 4.51. The van der Waals surface area contributed by atoms with Crippen molar-refractivity contribution in [3.8, 4) is 0 Å². The Bertz CT molecular complexity index is 953. The average Bonchev–Trinajstić information content (AvgIpc) is 2.69. The monoisotopic (exact) mass is 364 g/mol. The summed E-state index contributed by atoms with van der Waals surface area (Å²) in [7, 11) is 0. The molecule has 0 unspecified atom stereocenters. The maximum absolute atomic E-state index is 11.0. The molecule has 1 saturated heterocycles. The third-order valence-electron chi connectivity index (χ3n) is 4.51. The first-order chi connectivity index (χ1) is 13.2. The number of ether oxygens (including phenoxy) is 1.